The van der Waals surface area contributed by atoms with E-state index in [0.717, 1.165) is 6.20 Å². The van der Waals surface area contributed by atoms with Crippen LogP contribution in [0.5, 0.6) is 0 Å². The minimum Gasteiger partial charge on any atom is -0.467 e. The number of aromatic nitrogens is 2. The summed E-state index contributed by atoms with van der Waals surface area (Å²) in [6.45, 7) is 0.359. The molecule has 2 aromatic heterocycles. The van der Waals surface area contributed by atoms with Gasteiger partial charge in [0.1, 0.15) is 18.2 Å². The van der Waals surface area contributed by atoms with E-state index >= 15 is 0 Å². The lowest BCUT2D eigenvalue weighted by molar-refractivity contribution is 0.0942. The number of methoxy groups -OCH3 is 1. The molecule has 1 unspecified atom stereocenters. The Morgan fingerprint density at radius 2 is 2.47 bits per heavy atom. The molecule has 0 amide bonds. The minimum absolute atomic E-state index is 0.147. The fourth-order valence-electron chi connectivity index (χ4n) is 1.41. The second-order valence-corrected chi connectivity index (χ2v) is 3.34. The van der Waals surface area contributed by atoms with Crippen LogP contribution in [0.4, 0.5) is 10.2 Å². The number of rotatable bonds is 5. The van der Waals surface area contributed by atoms with Crippen molar-refractivity contribution in [2.75, 3.05) is 19.0 Å². The van der Waals surface area contributed by atoms with Crippen LogP contribution in [0.1, 0.15) is 11.9 Å². The molecular formula is C11H12FN3O2. The zero-order valence-electron chi connectivity index (χ0n) is 9.26. The van der Waals surface area contributed by atoms with Gasteiger partial charge in [0, 0.05) is 13.7 Å². The SMILES string of the molecule is COC(CNc1ncncc1F)c1ccco1. The largest absolute Gasteiger partial charge is 0.467 e. The molecule has 1 atom stereocenters. The van der Waals surface area contributed by atoms with E-state index in [4.69, 9.17) is 9.15 Å². The average Bonchev–Trinajstić information content (AvgIpc) is 2.86. The van der Waals surface area contributed by atoms with Gasteiger partial charge in [-0.2, -0.15) is 0 Å². The molecule has 6 heteroatoms. The molecule has 0 saturated heterocycles. The van der Waals surface area contributed by atoms with Gasteiger partial charge < -0.3 is 14.5 Å². The van der Waals surface area contributed by atoms with Crippen LogP contribution in [0.15, 0.2) is 35.3 Å². The van der Waals surface area contributed by atoms with Crippen LogP contribution < -0.4 is 5.32 Å². The second-order valence-electron chi connectivity index (χ2n) is 3.34. The van der Waals surface area contributed by atoms with Crippen molar-refractivity contribution < 1.29 is 13.5 Å². The number of ether oxygens (including phenoxy) is 1. The highest BCUT2D eigenvalue weighted by Crippen LogP contribution is 2.18. The van der Waals surface area contributed by atoms with E-state index in [0.29, 0.717) is 12.3 Å². The maximum Gasteiger partial charge on any atom is 0.183 e. The molecule has 0 aliphatic carbocycles. The number of anilines is 1. The summed E-state index contributed by atoms with van der Waals surface area (Å²) in [5.74, 6) is 0.324. The number of nitrogens with zero attached hydrogens (tertiary/aromatic N) is 2. The Balaban J connectivity index is 2.00. The molecule has 0 aliphatic heterocycles. The smallest absolute Gasteiger partial charge is 0.183 e. The lowest BCUT2D eigenvalue weighted by atomic mass is 10.2. The Morgan fingerprint density at radius 3 is 3.12 bits per heavy atom. The van der Waals surface area contributed by atoms with Crippen molar-refractivity contribution in [2.24, 2.45) is 0 Å². The van der Waals surface area contributed by atoms with E-state index in [1.807, 2.05) is 0 Å². The zero-order chi connectivity index (χ0) is 12.1. The predicted molar refractivity (Wildman–Crippen MR) is 58.9 cm³/mol. The first-order valence-corrected chi connectivity index (χ1v) is 5.07. The molecule has 2 aromatic rings. The van der Waals surface area contributed by atoms with E-state index in [1.54, 1.807) is 25.5 Å². The second kappa shape index (κ2) is 5.40. The molecule has 0 spiro atoms. The van der Waals surface area contributed by atoms with Crippen molar-refractivity contribution in [3.8, 4) is 0 Å². The monoisotopic (exact) mass is 237 g/mol. The Hall–Kier alpha value is -1.95. The molecule has 0 fully saturated rings. The zero-order valence-corrected chi connectivity index (χ0v) is 9.26. The van der Waals surface area contributed by atoms with Crippen LogP contribution in [0.3, 0.4) is 0 Å². The molecule has 17 heavy (non-hydrogen) atoms. The molecule has 0 radical (unpaired) electrons. The average molecular weight is 237 g/mol. The third kappa shape index (κ3) is 2.79. The van der Waals surface area contributed by atoms with Crippen molar-refractivity contribution in [2.45, 2.75) is 6.10 Å². The molecule has 2 rings (SSSR count). The molecule has 0 saturated carbocycles. The highest BCUT2D eigenvalue weighted by Gasteiger charge is 2.14. The van der Waals surface area contributed by atoms with Crippen molar-refractivity contribution in [1.29, 1.82) is 0 Å². The van der Waals surface area contributed by atoms with Gasteiger partial charge in [-0.05, 0) is 12.1 Å². The van der Waals surface area contributed by atoms with Gasteiger partial charge in [0.15, 0.2) is 11.6 Å². The summed E-state index contributed by atoms with van der Waals surface area (Å²) in [6.07, 6.45) is 3.65. The first-order chi connectivity index (χ1) is 8.31. The van der Waals surface area contributed by atoms with Gasteiger partial charge in [-0.15, -0.1) is 0 Å². The number of hydrogen-bond donors (Lipinski definition) is 1. The van der Waals surface area contributed by atoms with Gasteiger partial charge in [0.2, 0.25) is 0 Å². The Labute approximate surface area is 97.6 Å². The van der Waals surface area contributed by atoms with Gasteiger partial charge in [-0.25, -0.2) is 14.4 Å². The van der Waals surface area contributed by atoms with E-state index in [2.05, 4.69) is 15.3 Å². The number of halogens is 1. The lowest BCUT2D eigenvalue weighted by Crippen LogP contribution is -2.15. The Kier molecular flexibility index (Phi) is 3.66. The van der Waals surface area contributed by atoms with Crippen LogP contribution >= 0.6 is 0 Å². The summed E-state index contributed by atoms with van der Waals surface area (Å²) in [5, 5.41) is 2.84. The van der Waals surface area contributed by atoms with E-state index < -0.39 is 5.82 Å². The van der Waals surface area contributed by atoms with Crippen molar-refractivity contribution >= 4 is 5.82 Å². The number of nitrogens with one attached hydrogen (secondary N) is 1. The number of furan rings is 1. The fourth-order valence-corrected chi connectivity index (χ4v) is 1.41. The first kappa shape index (κ1) is 11.5. The maximum atomic E-state index is 13.2. The minimum atomic E-state index is -0.498. The summed E-state index contributed by atoms with van der Waals surface area (Å²) in [6, 6.07) is 3.57. The highest BCUT2D eigenvalue weighted by molar-refractivity contribution is 5.34. The summed E-state index contributed by atoms with van der Waals surface area (Å²) in [4.78, 5) is 7.35. The molecular weight excluding hydrogens is 225 g/mol. The van der Waals surface area contributed by atoms with Gasteiger partial charge >= 0.3 is 0 Å². The Bertz CT molecular complexity index is 461. The molecule has 0 bridgehead atoms. The Morgan fingerprint density at radius 1 is 1.59 bits per heavy atom. The van der Waals surface area contributed by atoms with Crippen LogP contribution in [0.2, 0.25) is 0 Å². The third-order valence-electron chi connectivity index (χ3n) is 2.27. The number of hydrogen-bond acceptors (Lipinski definition) is 5. The van der Waals surface area contributed by atoms with E-state index in [1.165, 1.54) is 6.33 Å². The molecule has 1 N–H and O–H groups in total. The van der Waals surface area contributed by atoms with Crippen molar-refractivity contribution in [3.05, 3.63) is 42.5 Å². The third-order valence-corrected chi connectivity index (χ3v) is 2.27. The molecule has 5 nitrogen and oxygen atoms in total. The van der Waals surface area contributed by atoms with Crippen LogP contribution in [-0.4, -0.2) is 23.6 Å². The van der Waals surface area contributed by atoms with Crippen LogP contribution in [-0.2, 0) is 4.74 Å². The highest BCUT2D eigenvalue weighted by atomic mass is 19.1. The fraction of sp³-hybridized carbons (Fsp3) is 0.273. The predicted octanol–water partition coefficient (Wildman–Crippen LogP) is 2.01. The van der Waals surface area contributed by atoms with Crippen LogP contribution in [0.25, 0.3) is 0 Å². The first-order valence-electron chi connectivity index (χ1n) is 5.07. The lowest BCUT2D eigenvalue weighted by Gasteiger charge is -2.14. The van der Waals surface area contributed by atoms with Gasteiger partial charge in [-0.1, -0.05) is 0 Å². The molecule has 90 valence electrons. The molecule has 0 aromatic carbocycles. The quantitative estimate of drug-likeness (QED) is 0.861. The summed E-state index contributed by atoms with van der Waals surface area (Å²) < 4.78 is 23.7. The normalized spacial score (nSPS) is 12.4. The topological polar surface area (TPSA) is 60.2 Å². The van der Waals surface area contributed by atoms with Crippen molar-refractivity contribution in [3.63, 3.8) is 0 Å². The van der Waals surface area contributed by atoms with Gasteiger partial charge in [-0.3, -0.25) is 0 Å². The summed E-state index contributed by atoms with van der Waals surface area (Å²) in [7, 11) is 1.56. The standard InChI is InChI=1S/C11H12FN3O2/c1-16-10(9-3-2-4-17-9)6-14-11-8(12)5-13-7-15-11/h2-5,7,10H,6H2,1H3,(H,13,14,15). The summed E-state index contributed by atoms with van der Waals surface area (Å²) >= 11 is 0. The van der Waals surface area contributed by atoms with Gasteiger partial charge in [0.25, 0.3) is 0 Å². The van der Waals surface area contributed by atoms with Crippen LogP contribution in [0, 0.1) is 5.82 Å². The van der Waals surface area contributed by atoms with Gasteiger partial charge in [0.05, 0.1) is 12.5 Å². The maximum absolute atomic E-state index is 13.2. The summed E-state index contributed by atoms with van der Waals surface area (Å²) in [5.41, 5.74) is 0. The van der Waals surface area contributed by atoms with E-state index in [9.17, 15) is 4.39 Å². The van der Waals surface area contributed by atoms with Crippen molar-refractivity contribution in [1.82, 2.24) is 9.97 Å². The molecule has 0 aliphatic rings. The van der Waals surface area contributed by atoms with E-state index in [-0.39, 0.29) is 11.9 Å². The molecule has 2 heterocycles.